The lowest BCUT2D eigenvalue weighted by Gasteiger charge is -2.28. The van der Waals surface area contributed by atoms with Gasteiger partial charge in [-0.05, 0) is 48.9 Å². The Morgan fingerprint density at radius 2 is 1.95 bits per heavy atom. The minimum atomic E-state index is 0.288. The van der Waals surface area contributed by atoms with Crippen LogP contribution in [0.5, 0.6) is 5.75 Å². The molecule has 1 saturated heterocycles. The van der Waals surface area contributed by atoms with Crippen molar-refractivity contribution in [3.63, 3.8) is 0 Å². The summed E-state index contributed by atoms with van der Waals surface area (Å²) in [6.07, 6.45) is 1.53. The van der Waals surface area contributed by atoms with Crippen molar-refractivity contribution in [1.82, 2.24) is 10.2 Å². The molecule has 0 aromatic heterocycles. The molecule has 22 heavy (non-hydrogen) atoms. The molecular weight excluding hydrogens is 276 g/mol. The fourth-order valence-electron chi connectivity index (χ4n) is 3.13. The van der Waals surface area contributed by atoms with Gasteiger partial charge in [-0.3, -0.25) is 4.79 Å². The van der Waals surface area contributed by atoms with Crippen molar-refractivity contribution >= 4 is 5.91 Å². The van der Waals surface area contributed by atoms with E-state index in [2.05, 4.69) is 38.2 Å². The summed E-state index contributed by atoms with van der Waals surface area (Å²) in [7, 11) is 1.71. The number of hydrogen-bond acceptors (Lipinski definition) is 3. The van der Waals surface area contributed by atoms with Crippen LogP contribution in [0.1, 0.15) is 42.4 Å². The van der Waals surface area contributed by atoms with E-state index in [0.717, 1.165) is 43.9 Å². The molecule has 2 rings (SSSR count). The summed E-state index contributed by atoms with van der Waals surface area (Å²) < 4.78 is 5.37. The number of nitrogens with zero attached hydrogens (tertiary/aromatic N) is 1. The maximum Gasteiger partial charge on any atom is 0.222 e. The lowest BCUT2D eigenvalue weighted by Crippen LogP contribution is -2.46. The lowest BCUT2D eigenvalue weighted by atomic mass is 9.90. The number of methoxy groups -OCH3 is 1. The van der Waals surface area contributed by atoms with Gasteiger partial charge in [-0.2, -0.15) is 0 Å². The van der Waals surface area contributed by atoms with Gasteiger partial charge in [0.25, 0.3) is 0 Å². The topological polar surface area (TPSA) is 41.6 Å². The summed E-state index contributed by atoms with van der Waals surface area (Å²) in [6, 6.07) is 4.30. The molecule has 1 amide bonds. The first-order chi connectivity index (χ1) is 10.5. The Labute approximate surface area is 133 Å². The van der Waals surface area contributed by atoms with E-state index >= 15 is 0 Å². The molecule has 4 nitrogen and oxygen atoms in total. The molecule has 0 radical (unpaired) electrons. The van der Waals surface area contributed by atoms with Crippen molar-refractivity contribution in [3.8, 4) is 5.75 Å². The van der Waals surface area contributed by atoms with Crippen LogP contribution in [0.25, 0.3) is 0 Å². The summed E-state index contributed by atoms with van der Waals surface area (Å²) in [5.41, 5.74) is 3.72. The zero-order valence-corrected chi connectivity index (χ0v) is 14.2. The first kappa shape index (κ1) is 16.8. The summed E-state index contributed by atoms with van der Waals surface area (Å²) in [5, 5.41) is 3.28. The van der Waals surface area contributed by atoms with Crippen LogP contribution in [-0.2, 0) is 4.79 Å². The van der Waals surface area contributed by atoms with Gasteiger partial charge in [0.1, 0.15) is 5.75 Å². The van der Waals surface area contributed by atoms with Crippen molar-refractivity contribution in [3.05, 3.63) is 28.8 Å². The molecule has 1 aromatic rings. The zero-order valence-electron chi connectivity index (χ0n) is 14.2. The van der Waals surface area contributed by atoms with Gasteiger partial charge in [0.15, 0.2) is 0 Å². The molecule has 0 aliphatic carbocycles. The summed E-state index contributed by atoms with van der Waals surface area (Å²) >= 11 is 0. The quantitative estimate of drug-likeness (QED) is 0.909. The summed E-state index contributed by atoms with van der Waals surface area (Å²) in [5.74, 6) is 1.61. The third-order valence-corrected chi connectivity index (χ3v) is 4.58. The third-order valence-electron chi connectivity index (χ3n) is 4.58. The average molecular weight is 304 g/mol. The molecule has 1 N–H and O–H groups in total. The normalized spacial score (nSPS) is 16.5. The number of benzene rings is 1. The number of ether oxygens (including phenoxy) is 1. The molecule has 0 bridgehead atoms. The maximum atomic E-state index is 12.3. The second-order valence-electron chi connectivity index (χ2n) is 6.25. The molecule has 1 aromatic carbocycles. The number of aryl methyl sites for hydroxylation is 2. The van der Waals surface area contributed by atoms with E-state index in [-0.39, 0.29) is 5.91 Å². The predicted octanol–water partition coefficient (Wildman–Crippen LogP) is 2.63. The minimum Gasteiger partial charge on any atom is -0.496 e. The van der Waals surface area contributed by atoms with E-state index in [0.29, 0.717) is 12.3 Å². The van der Waals surface area contributed by atoms with E-state index in [9.17, 15) is 4.79 Å². The Bertz CT molecular complexity index is 522. The van der Waals surface area contributed by atoms with Crippen molar-refractivity contribution < 1.29 is 9.53 Å². The van der Waals surface area contributed by atoms with E-state index in [1.165, 1.54) is 11.1 Å². The highest BCUT2D eigenvalue weighted by Crippen LogP contribution is 2.30. The molecule has 1 aliphatic rings. The van der Waals surface area contributed by atoms with Crippen molar-refractivity contribution in [2.24, 2.45) is 0 Å². The van der Waals surface area contributed by atoms with Crippen molar-refractivity contribution in [2.75, 3.05) is 33.3 Å². The van der Waals surface area contributed by atoms with Crippen LogP contribution in [0, 0.1) is 13.8 Å². The molecule has 4 heteroatoms. The van der Waals surface area contributed by atoms with Crippen LogP contribution in [0.2, 0.25) is 0 Å². The van der Waals surface area contributed by atoms with Gasteiger partial charge in [0, 0.05) is 32.6 Å². The Morgan fingerprint density at radius 3 is 2.59 bits per heavy atom. The zero-order chi connectivity index (χ0) is 16.1. The minimum absolute atomic E-state index is 0.288. The number of piperazine rings is 1. The first-order valence-corrected chi connectivity index (χ1v) is 8.16. The fraction of sp³-hybridized carbons (Fsp3) is 0.611. The molecule has 122 valence electrons. The highest BCUT2D eigenvalue weighted by atomic mass is 16.5. The Hall–Kier alpha value is -1.55. The largest absolute Gasteiger partial charge is 0.496 e. The number of nitrogens with one attached hydrogen (secondary N) is 1. The van der Waals surface area contributed by atoms with Crippen LogP contribution < -0.4 is 10.1 Å². The molecule has 1 fully saturated rings. The number of rotatable bonds is 5. The highest BCUT2D eigenvalue weighted by molar-refractivity contribution is 5.76. The molecule has 1 heterocycles. The first-order valence-electron chi connectivity index (χ1n) is 8.16. The molecular formula is C18H28N2O2. The van der Waals surface area contributed by atoms with Gasteiger partial charge < -0.3 is 15.0 Å². The Morgan fingerprint density at radius 1 is 1.27 bits per heavy atom. The van der Waals surface area contributed by atoms with E-state index in [1.807, 2.05) is 4.90 Å². The smallest absolute Gasteiger partial charge is 0.222 e. The van der Waals surface area contributed by atoms with Crippen LogP contribution in [0.4, 0.5) is 0 Å². The van der Waals surface area contributed by atoms with Crippen LogP contribution in [0.15, 0.2) is 12.1 Å². The van der Waals surface area contributed by atoms with Gasteiger partial charge in [0.05, 0.1) is 7.11 Å². The molecule has 0 saturated carbocycles. The van der Waals surface area contributed by atoms with Gasteiger partial charge in [0.2, 0.25) is 5.91 Å². The molecule has 0 spiro atoms. The molecule has 1 atom stereocenters. The molecule has 1 aliphatic heterocycles. The second-order valence-corrected chi connectivity index (χ2v) is 6.25. The van der Waals surface area contributed by atoms with Crippen molar-refractivity contribution in [1.29, 1.82) is 0 Å². The van der Waals surface area contributed by atoms with E-state index in [1.54, 1.807) is 7.11 Å². The predicted molar refractivity (Wildman–Crippen MR) is 89.6 cm³/mol. The van der Waals surface area contributed by atoms with Crippen molar-refractivity contribution in [2.45, 2.75) is 39.5 Å². The summed E-state index contributed by atoms with van der Waals surface area (Å²) in [4.78, 5) is 14.2. The second kappa shape index (κ2) is 7.63. The number of amides is 1. The van der Waals surface area contributed by atoms with Crippen LogP contribution in [0.3, 0.4) is 0 Å². The van der Waals surface area contributed by atoms with Crippen LogP contribution in [-0.4, -0.2) is 44.1 Å². The average Bonchev–Trinajstić information content (AvgIpc) is 2.54. The third kappa shape index (κ3) is 4.01. The van der Waals surface area contributed by atoms with E-state index < -0.39 is 0 Å². The maximum absolute atomic E-state index is 12.3. The fourth-order valence-corrected chi connectivity index (χ4v) is 3.13. The van der Waals surface area contributed by atoms with E-state index in [4.69, 9.17) is 4.74 Å². The van der Waals surface area contributed by atoms with Gasteiger partial charge >= 0.3 is 0 Å². The standard InChI is InChI=1S/C18H28N2O2/c1-13(5-6-18(21)20-9-7-19-8-10-20)16-11-15(3)17(22-4)12-14(16)2/h11-13,19H,5-10H2,1-4H3. The lowest BCUT2D eigenvalue weighted by molar-refractivity contribution is -0.131. The van der Waals surface area contributed by atoms with Gasteiger partial charge in [-0.1, -0.05) is 13.0 Å². The van der Waals surface area contributed by atoms with Gasteiger partial charge in [-0.15, -0.1) is 0 Å². The van der Waals surface area contributed by atoms with Gasteiger partial charge in [-0.25, -0.2) is 0 Å². The Kier molecular flexibility index (Phi) is 5.83. The van der Waals surface area contributed by atoms with Crippen LogP contribution >= 0.6 is 0 Å². The monoisotopic (exact) mass is 304 g/mol. The SMILES string of the molecule is COc1cc(C)c(C(C)CCC(=O)N2CCNCC2)cc1C. The number of carbonyl (C=O) groups excluding carboxylic acids is 1. The number of carbonyl (C=O) groups is 1. The molecule has 1 unspecified atom stereocenters. The number of hydrogen-bond donors (Lipinski definition) is 1. The highest BCUT2D eigenvalue weighted by Gasteiger charge is 2.18. The summed E-state index contributed by atoms with van der Waals surface area (Å²) in [6.45, 7) is 9.91. The Balaban J connectivity index is 1.95.